The van der Waals surface area contributed by atoms with Gasteiger partial charge in [-0.1, -0.05) is 0 Å². The van der Waals surface area contributed by atoms with E-state index in [4.69, 9.17) is 0 Å². The van der Waals surface area contributed by atoms with Crippen molar-refractivity contribution in [3.8, 4) is 0 Å². The van der Waals surface area contributed by atoms with Gasteiger partial charge in [0, 0.05) is 18.6 Å². The van der Waals surface area contributed by atoms with E-state index in [9.17, 15) is 0 Å². The lowest BCUT2D eigenvalue weighted by Crippen LogP contribution is -2.06. The zero-order valence-electron chi connectivity index (χ0n) is 4.86. The molecule has 0 N–H and O–H groups in total. The summed E-state index contributed by atoms with van der Waals surface area (Å²) in [6, 6.07) is 0.218. The summed E-state index contributed by atoms with van der Waals surface area (Å²) in [6.45, 7) is 0. The Bertz CT molecular complexity index is 233. The first kappa shape index (κ1) is 4.68. The van der Waals surface area contributed by atoms with Gasteiger partial charge in [0.2, 0.25) is 0 Å². The van der Waals surface area contributed by atoms with Gasteiger partial charge in [0.25, 0.3) is 0 Å². The van der Waals surface area contributed by atoms with E-state index >= 15 is 0 Å². The van der Waals surface area contributed by atoms with Gasteiger partial charge in [0.1, 0.15) is 6.04 Å². The van der Waals surface area contributed by atoms with Crippen LogP contribution in [0.25, 0.3) is 0 Å². The van der Waals surface area contributed by atoms with Gasteiger partial charge in [-0.05, 0) is 17.7 Å². The number of hydrogen-bond acceptors (Lipinski definition) is 2. The van der Waals surface area contributed by atoms with Gasteiger partial charge in [-0.25, -0.2) is 0 Å². The van der Waals surface area contributed by atoms with Crippen LogP contribution < -0.4 is 0 Å². The molecule has 2 aliphatic heterocycles. The predicted octanol–water partition coefficient (Wildman–Crippen LogP) is 0.964. The third-order valence-corrected chi connectivity index (χ3v) is 1.44. The number of hydrogen-bond donors (Lipinski definition) is 0. The van der Waals surface area contributed by atoms with E-state index in [1.807, 2.05) is 24.6 Å². The Morgan fingerprint density at radius 3 is 3.33 bits per heavy atom. The maximum Gasteiger partial charge on any atom is 0.110 e. The monoisotopic (exact) mass is 118 g/mol. The van der Waals surface area contributed by atoms with Crippen LogP contribution in [0.15, 0.2) is 33.9 Å². The summed E-state index contributed by atoms with van der Waals surface area (Å²) in [5.41, 5.74) is 1.24. The predicted molar refractivity (Wildman–Crippen MR) is 38.0 cm³/mol. The summed E-state index contributed by atoms with van der Waals surface area (Å²) in [4.78, 5) is 8.10. The van der Waals surface area contributed by atoms with Gasteiger partial charge in [-0.15, -0.1) is 0 Å². The van der Waals surface area contributed by atoms with Crippen molar-refractivity contribution in [3.05, 3.63) is 23.9 Å². The van der Waals surface area contributed by atoms with Gasteiger partial charge < -0.3 is 0 Å². The topological polar surface area (TPSA) is 24.7 Å². The van der Waals surface area contributed by atoms with Crippen molar-refractivity contribution in [3.63, 3.8) is 0 Å². The highest BCUT2D eigenvalue weighted by Crippen LogP contribution is 2.13. The lowest BCUT2D eigenvalue weighted by molar-refractivity contribution is 1.07. The van der Waals surface area contributed by atoms with Crippen LogP contribution in [0, 0.1) is 0 Å². The van der Waals surface area contributed by atoms with Crippen molar-refractivity contribution in [2.24, 2.45) is 9.98 Å². The second kappa shape index (κ2) is 1.65. The van der Waals surface area contributed by atoms with Crippen molar-refractivity contribution < 1.29 is 0 Å². The normalized spacial score (nSPS) is 28.4. The minimum atomic E-state index is 0.218. The Balaban J connectivity index is 2.40. The standard InChI is InChI=1S/C7H6N2/c1-3-8-5-7-6(1)2-4-9-7/h1-5,7H/t7-/m1/s1. The highest BCUT2D eigenvalue weighted by Gasteiger charge is 2.11. The lowest BCUT2D eigenvalue weighted by Gasteiger charge is -2.04. The number of fused-ring (bicyclic) bond motifs is 1. The second-order valence-corrected chi connectivity index (χ2v) is 2.02. The van der Waals surface area contributed by atoms with Crippen molar-refractivity contribution >= 4 is 12.4 Å². The van der Waals surface area contributed by atoms with Gasteiger partial charge >= 0.3 is 0 Å². The average molecular weight is 118 g/mol. The fourth-order valence-electron chi connectivity index (χ4n) is 0.945. The van der Waals surface area contributed by atoms with E-state index in [0.29, 0.717) is 0 Å². The van der Waals surface area contributed by atoms with Crippen LogP contribution in [-0.2, 0) is 0 Å². The largest absolute Gasteiger partial charge is 0.279 e. The van der Waals surface area contributed by atoms with Crippen LogP contribution in [0.2, 0.25) is 0 Å². The summed E-state index contributed by atoms with van der Waals surface area (Å²) in [5, 5.41) is 0. The zero-order chi connectivity index (χ0) is 6.10. The molecule has 0 aromatic rings. The minimum absolute atomic E-state index is 0.218. The molecule has 0 radical (unpaired) electrons. The summed E-state index contributed by atoms with van der Waals surface area (Å²) < 4.78 is 0. The maximum absolute atomic E-state index is 4.14. The molecule has 1 atom stereocenters. The molecule has 0 spiro atoms. The molecule has 0 unspecified atom stereocenters. The maximum atomic E-state index is 4.14. The second-order valence-electron chi connectivity index (χ2n) is 2.02. The number of aliphatic imine (C=N–C) groups is 2. The highest BCUT2D eigenvalue weighted by atomic mass is 14.8. The van der Waals surface area contributed by atoms with E-state index in [-0.39, 0.29) is 6.04 Å². The number of nitrogens with zero attached hydrogens (tertiary/aromatic N) is 2. The molecule has 0 bridgehead atoms. The van der Waals surface area contributed by atoms with Crippen molar-refractivity contribution in [2.45, 2.75) is 6.04 Å². The first-order chi connectivity index (χ1) is 4.47. The van der Waals surface area contributed by atoms with E-state index in [2.05, 4.69) is 9.98 Å². The van der Waals surface area contributed by atoms with E-state index in [1.165, 1.54) is 5.57 Å². The Hall–Kier alpha value is -1.18. The number of allylic oxidation sites excluding steroid dienone is 1. The Labute approximate surface area is 53.3 Å². The molecule has 2 rings (SSSR count). The molecule has 2 nitrogen and oxygen atoms in total. The summed E-state index contributed by atoms with van der Waals surface area (Å²) in [7, 11) is 0. The average Bonchev–Trinajstić information content (AvgIpc) is 2.33. The molecule has 0 aromatic carbocycles. The van der Waals surface area contributed by atoms with Gasteiger partial charge in [0.15, 0.2) is 0 Å². The molecule has 9 heavy (non-hydrogen) atoms. The van der Waals surface area contributed by atoms with E-state index in [0.717, 1.165) is 0 Å². The SMILES string of the molecule is C1=CC2=CC=N[C@@H]2C=N1. The van der Waals surface area contributed by atoms with Crippen LogP contribution in [0.5, 0.6) is 0 Å². The molecule has 0 aromatic heterocycles. The molecule has 44 valence electrons. The smallest absolute Gasteiger partial charge is 0.110 e. The Morgan fingerprint density at radius 2 is 2.44 bits per heavy atom. The molecule has 2 heterocycles. The summed E-state index contributed by atoms with van der Waals surface area (Å²) in [6.07, 6.45) is 9.44. The van der Waals surface area contributed by atoms with Crippen LogP contribution in [0.3, 0.4) is 0 Å². The summed E-state index contributed by atoms with van der Waals surface area (Å²) >= 11 is 0. The fraction of sp³-hybridized carbons (Fsp3) is 0.143. The minimum Gasteiger partial charge on any atom is -0.279 e. The van der Waals surface area contributed by atoms with E-state index in [1.54, 1.807) is 6.20 Å². The lowest BCUT2D eigenvalue weighted by atomic mass is 10.1. The quantitative estimate of drug-likeness (QED) is 0.452. The summed E-state index contributed by atoms with van der Waals surface area (Å²) in [5.74, 6) is 0. The zero-order valence-corrected chi connectivity index (χ0v) is 4.86. The van der Waals surface area contributed by atoms with Crippen LogP contribution in [-0.4, -0.2) is 18.5 Å². The molecular formula is C7H6N2. The Kier molecular flexibility index (Phi) is 0.859. The fourth-order valence-corrected chi connectivity index (χ4v) is 0.945. The van der Waals surface area contributed by atoms with Gasteiger partial charge in [-0.3, -0.25) is 9.98 Å². The molecule has 0 amide bonds. The molecule has 0 saturated carbocycles. The molecule has 2 aliphatic rings. The number of rotatable bonds is 0. The van der Waals surface area contributed by atoms with E-state index < -0.39 is 0 Å². The van der Waals surface area contributed by atoms with Crippen molar-refractivity contribution in [2.75, 3.05) is 0 Å². The van der Waals surface area contributed by atoms with Gasteiger partial charge in [0.05, 0.1) is 0 Å². The Morgan fingerprint density at radius 1 is 1.44 bits per heavy atom. The molecule has 2 heteroatoms. The molecule has 0 aliphatic carbocycles. The van der Waals surface area contributed by atoms with Crippen molar-refractivity contribution in [1.29, 1.82) is 0 Å². The first-order valence-corrected chi connectivity index (χ1v) is 2.90. The van der Waals surface area contributed by atoms with Crippen molar-refractivity contribution in [1.82, 2.24) is 0 Å². The van der Waals surface area contributed by atoms with Crippen LogP contribution >= 0.6 is 0 Å². The van der Waals surface area contributed by atoms with Crippen LogP contribution in [0.1, 0.15) is 0 Å². The molecular weight excluding hydrogens is 112 g/mol. The molecule has 0 fully saturated rings. The first-order valence-electron chi connectivity index (χ1n) is 2.90. The third-order valence-electron chi connectivity index (χ3n) is 1.44. The molecule has 0 saturated heterocycles. The highest BCUT2D eigenvalue weighted by molar-refractivity contribution is 5.86. The van der Waals surface area contributed by atoms with Gasteiger partial charge in [-0.2, -0.15) is 0 Å². The van der Waals surface area contributed by atoms with Crippen LogP contribution in [0.4, 0.5) is 0 Å². The third kappa shape index (κ3) is 0.633.